The van der Waals surface area contributed by atoms with Crippen LogP contribution in [-0.2, 0) is 4.79 Å². The first-order chi connectivity index (χ1) is 16.3. The van der Waals surface area contributed by atoms with Crippen LogP contribution in [0.4, 0.5) is 14.5 Å². The molecule has 0 spiro atoms. The van der Waals surface area contributed by atoms with Gasteiger partial charge in [0.2, 0.25) is 5.91 Å². The van der Waals surface area contributed by atoms with Crippen molar-refractivity contribution in [1.82, 2.24) is 19.7 Å². The Morgan fingerprint density at radius 3 is 2.38 bits per heavy atom. The van der Waals surface area contributed by atoms with Gasteiger partial charge in [0.05, 0.1) is 22.0 Å². The second-order valence-corrected chi connectivity index (χ2v) is 10.0. The van der Waals surface area contributed by atoms with Crippen LogP contribution in [0.3, 0.4) is 0 Å². The van der Waals surface area contributed by atoms with E-state index in [1.165, 1.54) is 42.4 Å². The summed E-state index contributed by atoms with van der Waals surface area (Å²) in [5, 5.41) is 11.7. The summed E-state index contributed by atoms with van der Waals surface area (Å²) >= 11 is 7.28. The monoisotopic (exact) mass is 505 g/mol. The number of aromatic nitrogens is 3. The number of hydrogen-bond donors (Lipinski definition) is 1. The summed E-state index contributed by atoms with van der Waals surface area (Å²) in [6, 6.07) is 9.96. The summed E-state index contributed by atoms with van der Waals surface area (Å²) in [5.74, 6) is -0.378. The van der Waals surface area contributed by atoms with E-state index in [1.54, 1.807) is 19.1 Å². The first kappa shape index (κ1) is 24.6. The maximum Gasteiger partial charge on any atom is 0.237 e. The van der Waals surface area contributed by atoms with Crippen molar-refractivity contribution in [2.45, 2.75) is 49.6 Å². The van der Waals surface area contributed by atoms with E-state index >= 15 is 0 Å². The van der Waals surface area contributed by atoms with Crippen LogP contribution in [-0.4, -0.2) is 43.9 Å². The smallest absolute Gasteiger partial charge is 0.237 e. The van der Waals surface area contributed by atoms with Crippen molar-refractivity contribution in [3.8, 4) is 5.69 Å². The van der Waals surface area contributed by atoms with Crippen molar-refractivity contribution in [3.63, 3.8) is 0 Å². The number of thioether (sulfide) groups is 1. The van der Waals surface area contributed by atoms with E-state index < -0.39 is 11.1 Å². The summed E-state index contributed by atoms with van der Waals surface area (Å²) in [5.41, 5.74) is 1.06. The van der Waals surface area contributed by atoms with Crippen LogP contribution in [0, 0.1) is 11.6 Å². The Morgan fingerprint density at radius 1 is 1.03 bits per heavy atom. The predicted octanol–water partition coefficient (Wildman–Crippen LogP) is 5.87. The molecule has 0 saturated carbocycles. The molecular formula is C24H26ClF2N5OS. The largest absolute Gasteiger partial charge is 0.324 e. The van der Waals surface area contributed by atoms with Gasteiger partial charge in [0.15, 0.2) is 11.0 Å². The van der Waals surface area contributed by atoms with Gasteiger partial charge in [0.1, 0.15) is 11.6 Å². The van der Waals surface area contributed by atoms with Gasteiger partial charge in [-0.25, -0.2) is 8.78 Å². The van der Waals surface area contributed by atoms with Crippen LogP contribution in [0.25, 0.3) is 5.69 Å². The van der Waals surface area contributed by atoms with Crippen LogP contribution in [0.2, 0.25) is 5.02 Å². The number of rotatable bonds is 7. The highest BCUT2D eigenvalue weighted by atomic mass is 35.5. The summed E-state index contributed by atoms with van der Waals surface area (Å²) in [7, 11) is 0. The Morgan fingerprint density at radius 2 is 1.71 bits per heavy atom. The van der Waals surface area contributed by atoms with Crippen LogP contribution in [0.5, 0.6) is 0 Å². The zero-order chi connectivity index (χ0) is 24.2. The molecule has 4 rings (SSSR count). The molecule has 2 heterocycles. The number of benzene rings is 2. The third-order valence-corrected chi connectivity index (χ3v) is 7.25. The van der Waals surface area contributed by atoms with Crippen molar-refractivity contribution >= 4 is 35.0 Å². The minimum atomic E-state index is -0.553. The number of amides is 1. The van der Waals surface area contributed by atoms with E-state index in [2.05, 4.69) is 27.3 Å². The van der Waals surface area contributed by atoms with Gasteiger partial charge in [-0.1, -0.05) is 29.8 Å². The highest BCUT2D eigenvalue weighted by Crippen LogP contribution is 2.32. The zero-order valence-electron chi connectivity index (χ0n) is 19.0. The Bertz CT molecular complexity index is 1150. The van der Waals surface area contributed by atoms with Crippen molar-refractivity contribution in [3.05, 3.63) is 64.9 Å². The normalized spacial score (nSPS) is 16.3. The predicted molar refractivity (Wildman–Crippen MR) is 131 cm³/mol. The lowest BCUT2D eigenvalue weighted by Gasteiger charge is -2.32. The average molecular weight is 506 g/mol. The molecule has 2 atom stereocenters. The molecule has 1 aliphatic heterocycles. The summed E-state index contributed by atoms with van der Waals surface area (Å²) < 4.78 is 28.8. The number of hydrogen-bond acceptors (Lipinski definition) is 5. The summed E-state index contributed by atoms with van der Waals surface area (Å²) in [4.78, 5) is 15.2. The van der Waals surface area contributed by atoms with E-state index in [1.807, 2.05) is 4.57 Å². The lowest BCUT2D eigenvalue weighted by molar-refractivity contribution is -0.115. The van der Waals surface area contributed by atoms with Gasteiger partial charge >= 0.3 is 0 Å². The molecule has 1 amide bonds. The fourth-order valence-electron chi connectivity index (χ4n) is 3.97. The Labute approximate surface area is 206 Å². The van der Waals surface area contributed by atoms with Crippen LogP contribution < -0.4 is 5.32 Å². The topological polar surface area (TPSA) is 63.1 Å². The molecule has 1 aromatic heterocycles. The van der Waals surface area contributed by atoms with Crippen molar-refractivity contribution in [2.24, 2.45) is 0 Å². The molecule has 3 aromatic rings. The molecular weight excluding hydrogens is 480 g/mol. The van der Waals surface area contributed by atoms with Crippen LogP contribution >= 0.6 is 23.4 Å². The standard InChI is InChI=1S/C24H26ClF2N5OS/c1-15(31-12-4-3-5-13-31)22-29-30-24(32(22)19-9-6-17(26)7-10-19)34-16(2)23(33)28-21-11-8-18(27)14-20(21)25/h6-11,14-16H,3-5,12-13H2,1-2H3,(H,28,33). The SMILES string of the molecule is CC(Sc1nnc(C(C)N2CCCCC2)n1-c1ccc(F)cc1)C(=O)Nc1ccc(F)cc1Cl. The lowest BCUT2D eigenvalue weighted by atomic mass is 10.1. The first-order valence-corrected chi connectivity index (χ1v) is 12.5. The molecule has 1 fully saturated rings. The maximum absolute atomic E-state index is 13.6. The molecule has 1 N–H and O–H groups in total. The third-order valence-electron chi connectivity index (χ3n) is 5.90. The molecule has 6 nitrogen and oxygen atoms in total. The van der Waals surface area contributed by atoms with E-state index in [9.17, 15) is 13.6 Å². The molecule has 180 valence electrons. The van der Waals surface area contributed by atoms with Crippen molar-refractivity contribution in [1.29, 1.82) is 0 Å². The molecule has 2 unspecified atom stereocenters. The molecule has 0 bridgehead atoms. The summed E-state index contributed by atoms with van der Waals surface area (Å²) in [6.07, 6.45) is 3.50. The quantitative estimate of drug-likeness (QED) is 0.407. The number of halogens is 3. The Balaban J connectivity index is 1.59. The van der Waals surface area contributed by atoms with Gasteiger partial charge in [0.25, 0.3) is 0 Å². The van der Waals surface area contributed by atoms with Gasteiger partial charge in [-0.15, -0.1) is 10.2 Å². The zero-order valence-corrected chi connectivity index (χ0v) is 20.5. The number of carbonyl (C=O) groups excluding carboxylic acids is 1. The minimum Gasteiger partial charge on any atom is -0.324 e. The third kappa shape index (κ3) is 5.59. The Hall–Kier alpha value is -2.49. The molecule has 1 saturated heterocycles. The van der Waals surface area contributed by atoms with E-state index in [0.717, 1.165) is 43.5 Å². The van der Waals surface area contributed by atoms with Gasteiger partial charge in [-0.05, 0) is 82.2 Å². The highest BCUT2D eigenvalue weighted by molar-refractivity contribution is 8.00. The number of anilines is 1. The number of nitrogens with zero attached hydrogens (tertiary/aromatic N) is 4. The van der Waals surface area contributed by atoms with E-state index in [0.29, 0.717) is 10.8 Å². The fourth-order valence-corrected chi connectivity index (χ4v) is 5.06. The second kappa shape index (κ2) is 10.8. The second-order valence-electron chi connectivity index (χ2n) is 8.30. The number of piperidine rings is 1. The van der Waals surface area contributed by atoms with Gasteiger partial charge in [0, 0.05) is 5.69 Å². The molecule has 0 aliphatic carbocycles. The van der Waals surface area contributed by atoms with Crippen molar-refractivity contribution in [2.75, 3.05) is 18.4 Å². The molecule has 0 radical (unpaired) electrons. The first-order valence-electron chi connectivity index (χ1n) is 11.2. The number of likely N-dealkylation sites (tertiary alicyclic amines) is 1. The van der Waals surface area contributed by atoms with Crippen molar-refractivity contribution < 1.29 is 13.6 Å². The lowest BCUT2D eigenvalue weighted by Crippen LogP contribution is -2.33. The van der Waals surface area contributed by atoms with Crippen LogP contribution in [0.1, 0.15) is 45.0 Å². The molecule has 10 heteroatoms. The molecule has 2 aromatic carbocycles. The number of carbonyl (C=O) groups is 1. The fraction of sp³-hybridized carbons (Fsp3) is 0.375. The Kier molecular flexibility index (Phi) is 7.85. The summed E-state index contributed by atoms with van der Waals surface area (Å²) in [6.45, 7) is 5.81. The molecule has 34 heavy (non-hydrogen) atoms. The highest BCUT2D eigenvalue weighted by Gasteiger charge is 2.27. The maximum atomic E-state index is 13.6. The van der Waals surface area contributed by atoms with Gasteiger partial charge in [-0.3, -0.25) is 14.3 Å². The van der Waals surface area contributed by atoms with E-state index in [4.69, 9.17) is 11.6 Å². The van der Waals surface area contributed by atoms with Gasteiger partial charge in [-0.2, -0.15) is 0 Å². The minimum absolute atomic E-state index is 0.00866. The molecule has 1 aliphatic rings. The van der Waals surface area contributed by atoms with Crippen LogP contribution in [0.15, 0.2) is 47.6 Å². The number of nitrogens with one attached hydrogen (secondary N) is 1. The van der Waals surface area contributed by atoms with E-state index in [-0.39, 0.29) is 22.8 Å². The average Bonchev–Trinajstić information content (AvgIpc) is 3.24. The van der Waals surface area contributed by atoms with Gasteiger partial charge < -0.3 is 5.32 Å².